The second-order valence-corrected chi connectivity index (χ2v) is 10.7. The van der Waals surface area contributed by atoms with Gasteiger partial charge in [0.2, 0.25) is 0 Å². The molecule has 2 fully saturated rings. The molecule has 0 amide bonds. The summed E-state index contributed by atoms with van der Waals surface area (Å²) in [7, 11) is -1.33. The zero-order chi connectivity index (χ0) is 11.1. The summed E-state index contributed by atoms with van der Waals surface area (Å²) < 4.78 is 6.38. The number of allylic oxidation sites excluding steroid dienone is 1. The minimum Gasteiger partial charge on any atom is -0.412 e. The van der Waals surface area contributed by atoms with Gasteiger partial charge in [-0.15, -0.1) is 6.58 Å². The highest BCUT2D eigenvalue weighted by atomic mass is 28.4. The lowest BCUT2D eigenvalue weighted by molar-refractivity contribution is 0.161. The molecule has 0 aliphatic heterocycles. The third-order valence-corrected chi connectivity index (χ3v) is 4.86. The Labute approximate surface area is 95.0 Å². The summed E-state index contributed by atoms with van der Waals surface area (Å²) in [4.78, 5) is 0. The zero-order valence-electron chi connectivity index (χ0n) is 10.4. The van der Waals surface area contributed by atoms with Gasteiger partial charge in [-0.25, -0.2) is 0 Å². The van der Waals surface area contributed by atoms with Gasteiger partial charge in [0.15, 0.2) is 8.32 Å². The maximum absolute atomic E-state index is 6.38. The molecule has 0 unspecified atom stereocenters. The minimum atomic E-state index is -1.33. The lowest BCUT2D eigenvalue weighted by Gasteiger charge is -2.24. The van der Waals surface area contributed by atoms with E-state index in [1.54, 1.807) is 0 Å². The molecule has 3 atom stereocenters. The first-order chi connectivity index (χ1) is 6.97. The van der Waals surface area contributed by atoms with E-state index in [9.17, 15) is 0 Å². The SMILES string of the molecule is C=CCC[C@H]1CC[C@@]2(O[Si](C)(C)C)C[C@@H]12. The lowest BCUT2D eigenvalue weighted by Crippen LogP contribution is -2.33. The summed E-state index contributed by atoms with van der Waals surface area (Å²) in [6.07, 6.45) is 8.64. The normalized spacial score (nSPS) is 38.9. The molecular formula is C13H24OSi. The monoisotopic (exact) mass is 224 g/mol. The third-order valence-electron chi connectivity index (χ3n) is 3.84. The van der Waals surface area contributed by atoms with Gasteiger partial charge in [0.1, 0.15) is 0 Å². The van der Waals surface area contributed by atoms with Gasteiger partial charge in [0, 0.05) is 0 Å². The Hall–Kier alpha value is -0.0831. The van der Waals surface area contributed by atoms with Crippen LogP contribution in [-0.4, -0.2) is 13.9 Å². The molecule has 0 heterocycles. The topological polar surface area (TPSA) is 9.23 Å². The molecule has 2 heteroatoms. The van der Waals surface area contributed by atoms with Crippen LogP contribution in [0, 0.1) is 11.8 Å². The molecule has 0 bridgehead atoms. The Bertz CT molecular complexity index is 256. The van der Waals surface area contributed by atoms with Crippen LogP contribution in [0.5, 0.6) is 0 Å². The fourth-order valence-electron chi connectivity index (χ4n) is 3.28. The van der Waals surface area contributed by atoms with Gasteiger partial charge in [0.05, 0.1) is 5.60 Å². The van der Waals surface area contributed by atoms with E-state index in [0.29, 0.717) is 5.60 Å². The summed E-state index contributed by atoms with van der Waals surface area (Å²) in [6, 6.07) is 0. The standard InChI is InChI=1S/C13H24OSi/c1-5-6-7-11-8-9-13(10-12(11)13)14-15(2,3)4/h5,11-12H,1,6-10H2,2-4H3/t11-,12-,13+/m0/s1. The molecular weight excluding hydrogens is 200 g/mol. The van der Waals surface area contributed by atoms with Gasteiger partial charge in [-0.1, -0.05) is 6.08 Å². The van der Waals surface area contributed by atoms with Crippen LogP contribution in [0.4, 0.5) is 0 Å². The molecule has 15 heavy (non-hydrogen) atoms. The average Bonchev–Trinajstić information content (AvgIpc) is 2.69. The number of hydrogen-bond donors (Lipinski definition) is 0. The summed E-state index contributed by atoms with van der Waals surface area (Å²) in [5.74, 6) is 1.82. The van der Waals surface area contributed by atoms with Crippen molar-refractivity contribution in [2.45, 2.75) is 57.3 Å². The lowest BCUT2D eigenvalue weighted by atomic mass is 9.98. The van der Waals surface area contributed by atoms with Crippen LogP contribution in [0.3, 0.4) is 0 Å². The number of hydrogen-bond acceptors (Lipinski definition) is 1. The van der Waals surface area contributed by atoms with E-state index in [4.69, 9.17) is 4.43 Å². The van der Waals surface area contributed by atoms with E-state index in [1.165, 1.54) is 32.1 Å². The first-order valence-corrected chi connectivity index (χ1v) is 9.69. The highest BCUT2D eigenvalue weighted by molar-refractivity contribution is 6.69. The van der Waals surface area contributed by atoms with E-state index in [2.05, 4.69) is 32.3 Å². The Morgan fingerprint density at radius 1 is 1.47 bits per heavy atom. The molecule has 0 radical (unpaired) electrons. The first-order valence-electron chi connectivity index (χ1n) is 6.28. The maximum atomic E-state index is 6.38. The Kier molecular flexibility index (Phi) is 2.84. The third kappa shape index (κ3) is 2.36. The van der Waals surface area contributed by atoms with Crippen molar-refractivity contribution in [3.8, 4) is 0 Å². The molecule has 0 spiro atoms. The van der Waals surface area contributed by atoms with Crippen molar-refractivity contribution in [1.29, 1.82) is 0 Å². The zero-order valence-corrected chi connectivity index (χ0v) is 11.4. The second-order valence-electron chi connectivity index (χ2n) is 6.25. The Balaban J connectivity index is 1.88. The van der Waals surface area contributed by atoms with Crippen LogP contribution in [0.1, 0.15) is 32.1 Å². The van der Waals surface area contributed by atoms with Gasteiger partial charge in [-0.2, -0.15) is 0 Å². The Morgan fingerprint density at radius 2 is 2.20 bits per heavy atom. The van der Waals surface area contributed by atoms with E-state index in [1.807, 2.05) is 0 Å². The van der Waals surface area contributed by atoms with Gasteiger partial charge >= 0.3 is 0 Å². The van der Waals surface area contributed by atoms with Crippen molar-refractivity contribution in [3.63, 3.8) is 0 Å². The van der Waals surface area contributed by atoms with Crippen molar-refractivity contribution >= 4 is 8.32 Å². The van der Waals surface area contributed by atoms with Crippen LogP contribution in [0.2, 0.25) is 19.6 Å². The van der Waals surface area contributed by atoms with Crippen molar-refractivity contribution in [3.05, 3.63) is 12.7 Å². The molecule has 2 aliphatic carbocycles. The molecule has 0 aromatic rings. The summed E-state index contributed by atoms with van der Waals surface area (Å²) in [5.41, 5.74) is 0.344. The predicted octanol–water partition coefficient (Wildman–Crippen LogP) is 3.97. The number of fused-ring (bicyclic) bond motifs is 1. The average molecular weight is 224 g/mol. The summed E-state index contributed by atoms with van der Waals surface area (Å²) >= 11 is 0. The van der Waals surface area contributed by atoms with E-state index >= 15 is 0 Å². The maximum Gasteiger partial charge on any atom is 0.184 e. The van der Waals surface area contributed by atoms with Crippen molar-refractivity contribution in [2.24, 2.45) is 11.8 Å². The molecule has 1 nitrogen and oxygen atoms in total. The van der Waals surface area contributed by atoms with E-state index < -0.39 is 8.32 Å². The molecule has 86 valence electrons. The number of rotatable bonds is 5. The molecule has 0 aromatic carbocycles. The minimum absolute atomic E-state index is 0.344. The molecule has 0 saturated heterocycles. The smallest absolute Gasteiger partial charge is 0.184 e. The predicted molar refractivity (Wildman–Crippen MR) is 67.4 cm³/mol. The Morgan fingerprint density at radius 3 is 2.73 bits per heavy atom. The first kappa shape index (κ1) is 11.4. The van der Waals surface area contributed by atoms with Crippen LogP contribution in [0.25, 0.3) is 0 Å². The largest absolute Gasteiger partial charge is 0.412 e. The van der Waals surface area contributed by atoms with Crippen molar-refractivity contribution in [1.82, 2.24) is 0 Å². The molecule has 2 aliphatic rings. The fourth-order valence-corrected chi connectivity index (χ4v) is 4.84. The van der Waals surface area contributed by atoms with Gasteiger partial charge < -0.3 is 4.43 Å². The van der Waals surface area contributed by atoms with Crippen molar-refractivity contribution < 1.29 is 4.43 Å². The molecule has 2 saturated carbocycles. The summed E-state index contributed by atoms with van der Waals surface area (Å²) in [6.45, 7) is 10.8. The molecule has 0 N–H and O–H groups in total. The highest BCUT2D eigenvalue weighted by Crippen LogP contribution is 2.63. The van der Waals surface area contributed by atoms with Crippen LogP contribution < -0.4 is 0 Å². The molecule has 0 aromatic heterocycles. The van der Waals surface area contributed by atoms with Crippen LogP contribution in [0.15, 0.2) is 12.7 Å². The second kappa shape index (κ2) is 3.74. The van der Waals surface area contributed by atoms with Crippen LogP contribution >= 0.6 is 0 Å². The van der Waals surface area contributed by atoms with E-state index in [0.717, 1.165) is 11.8 Å². The van der Waals surface area contributed by atoms with Gasteiger partial charge in [-0.05, 0) is 63.6 Å². The van der Waals surface area contributed by atoms with Gasteiger partial charge in [-0.3, -0.25) is 0 Å². The van der Waals surface area contributed by atoms with Gasteiger partial charge in [0.25, 0.3) is 0 Å². The fraction of sp³-hybridized carbons (Fsp3) is 0.846. The quantitative estimate of drug-likeness (QED) is 0.507. The molecule has 2 rings (SSSR count). The van der Waals surface area contributed by atoms with Crippen LogP contribution in [-0.2, 0) is 4.43 Å². The van der Waals surface area contributed by atoms with E-state index in [-0.39, 0.29) is 0 Å². The summed E-state index contributed by atoms with van der Waals surface area (Å²) in [5, 5.41) is 0. The van der Waals surface area contributed by atoms with Crippen molar-refractivity contribution in [2.75, 3.05) is 0 Å². The highest BCUT2D eigenvalue weighted by Gasteiger charge is 2.63.